The molecule has 0 amide bonds. The Morgan fingerprint density at radius 3 is 2.69 bits per heavy atom. The number of ether oxygens (including phenoxy) is 2. The SMILES string of the molecule is CCC1CCCC(OC2CC(N)C2OC)C1. The summed E-state index contributed by atoms with van der Waals surface area (Å²) in [6.07, 6.45) is 8.24. The largest absolute Gasteiger partial charge is 0.377 e. The van der Waals surface area contributed by atoms with Crippen LogP contribution in [0, 0.1) is 5.92 Å². The predicted octanol–water partition coefficient (Wildman–Crippen LogP) is 2.09. The zero-order chi connectivity index (χ0) is 11.5. The van der Waals surface area contributed by atoms with E-state index in [0.717, 1.165) is 12.3 Å². The standard InChI is InChI=1S/C13H25NO2/c1-3-9-5-4-6-10(7-9)16-12-8-11(14)13(12)15-2/h9-13H,3-8,14H2,1-2H3. The molecule has 0 aromatic rings. The molecule has 94 valence electrons. The Bertz CT molecular complexity index is 222. The van der Waals surface area contributed by atoms with Gasteiger partial charge in [0.25, 0.3) is 0 Å². The van der Waals surface area contributed by atoms with Gasteiger partial charge >= 0.3 is 0 Å². The molecular formula is C13H25NO2. The highest BCUT2D eigenvalue weighted by molar-refractivity contribution is 4.95. The average Bonchev–Trinajstić information content (AvgIpc) is 2.29. The lowest BCUT2D eigenvalue weighted by Gasteiger charge is -2.44. The number of methoxy groups -OCH3 is 1. The highest BCUT2D eigenvalue weighted by atomic mass is 16.5. The van der Waals surface area contributed by atoms with Gasteiger partial charge < -0.3 is 15.2 Å². The molecule has 16 heavy (non-hydrogen) atoms. The normalized spacial score (nSPS) is 44.1. The summed E-state index contributed by atoms with van der Waals surface area (Å²) < 4.78 is 11.5. The van der Waals surface area contributed by atoms with Gasteiger partial charge in [0, 0.05) is 13.2 Å². The fourth-order valence-corrected chi connectivity index (χ4v) is 3.06. The lowest BCUT2D eigenvalue weighted by atomic mass is 9.83. The topological polar surface area (TPSA) is 44.5 Å². The zero-order valence-corrected chi connectivity index (χ0v) is 10.5. The van der Waals surface area contributed by atoms with E-state index in [2.05, 4.69) is 6.92 Å². The minimum Gasteiger partial charge on any atom is -0.377 e. The minimum absolute atomic E-state index is 0.127. The Kier molecular flexibility index (Phi) is 4.22. The van der Waals surface area contributed by atoms with Crippen molar-refractivity contribution >= 4 is 0 Å². The van der Waals surface area contributed by atoms with Crippen LogP contribution in [0.2, 0.25) is 0 Å². The molecule has 5 unspecified atom stereocenters. The third-order valence-corrected chi connectivity index (χ3v) is 4.24. The number of nitrogens with two attached hydrogens (primary N) is 1. The van der Waals surface area contributed by atoms with Crippen LogP contribution in [0.25, 0.3) is 0 Å². The molecule has 0 spiro atoms. The Labute approximate surface area is 98.7 Å². The first-order chi connectivity index (χ1) is 7.74. The van der Waals surface area contributed by atoms with Crippen molar-refractivity contribution in [3.8, 4) is 0 Å². The summed E-state index contributed by atoms with van der Waals surface area (Å²) in [7, 11) is 1.73. The van der Waals surface area contributed by atoms with Gasteiger partial charge in [-0.15, -0.1) is 0 Å². The summed E-state index contributed by atoms with van der Waals surface area (Å²) in [5.41, 5.74) is 5.88. The predicted molar refractivity (Wildman–Crippen MR) is 64.3 cm³/mol. The fourth-order valence-electron chi connectivity index (χ4n) is 3.06. The second-order valence-electron chi connectivity index (χ2n) is 5.34. The molecule has 0 aromatic carbocycles. The summed E-state index contributed by atoms with van der Waals surface area (Å²) in [4.78, 5) is 0. The monoisotopic (exact) mass is 227 g/mol. The first-order valence-corrected chi connectivity index (χ1v) is 6.68. The van der Waals surface area contributed by atoms with E-state index in [0.29, 0.717) is 6.10 Å². The molecule has 0 heterocycles. The molecule has 0 aliphatic heterocycles. The van der Waals surface area contributed by atoms with Gasteiger partial charge in [0.1, 0.15) is 0 Å². The van der Waals surface area contributed by atoms with Crippen LogP contribution in [0.4, 0.5) is 0 Å². The van der Waals surface area contributed by atoms with Crippen molar-refractivity contribution in [2.75, 3.05) is 7.11 Å². The van der Waals surface area contributed by atoms with Gasteiger partial charge in [-0.1, -0.05) is 26.2 Å². The van der Waals surface area contributed by atoms with Gasteiger partial charge in [0.15, 0.2) is 0 Å². The van der Waals surface area contributed by atoms with Crippen molar-refractivity contribution < 1.29 is 9.47 Å². The summed E-state index contributed by atoms with van der Waals surface area (Å²) in [5, 5.41) is 0. The molecule has 2 saturated carbocycles. The van der Waals surface area contributed by atoms with Crippen LogP contribution >= 0.6 is 0 Å². The molecule has 5 atom stereocenters. The van der Waals surface area contributed by atoms with Crippen molar-refractivity contribution in [1.82, 2.24) is 0 Å². The van der Waals surface area contributed by atoms with Gasteiger partial charge in [-0.3, -0.25) is 0 Å². The van der Waals surface area contributed by atoms with Gasteiger partial charge in [0.05, 0.1) is 18.3 Å². The highest BCUT2D eigenvalue weighted by Gasteiger charge is 2.41. The van der Waals surface area contributed by atoms with E-state index in [-0.39, 0.29) is 18.2 Å². The summed E-state index contributed by atoms with van der Waals surface area (Å²) in [6.45, 7) is 2.28. The Balaban J connectivity index is 1.77. The van der Waals surface area contributed by atoms with E-state index < -0.39 is 0 Å². The van der Waals surface area contributed by atoms with Crippen LogP contribution in [0.15, 0.2) is 0 Å². The first-order valence-electron chi connectivity index (χ1n) is 6.68. The smallest absolute Gasteiger partial charge is 0.0984 e. The van der Waals surface area contributed by atoms with Crippen LogP contribution < -0.4 is 5.73 Å². The van der Waals surface area contributed by atoms with E-state index in [1.54, 1.807) is 7.11 Å². The summed E-state index contributed by atoms with van der Waals surface area (Å²) in [5.74, 6) is 0.869. The molecule has 0 aromatic heterocycles. The maximum atomic E-state index is 6.13. The highest BCUT2D eigenvalue weighted by Crippen LogP contribution is 2.33. The zero-order valence-electron chi connectivity index (χ0n) is 10.5. The van der Waals surface area contributed by atoms with Gasteiger partial charge in [-0.25, -0.2) is 0 Å². The molecule has 0 bridgehead atoms. The van der Waals surface area contributed by atoms with Gasteiger partial charge in [-0.05, 0) is 25.2 Å². The summed E-state index contributed by atoms with van der Waals surface area (Å²) in [6, 6.07) is 0.181. The van der Waals surface area contributed by atoms with E-state index in [9.17, 15) is 0 Å². The Hall–Kier alpha value is -0.120. The first kappa shape index (κ1) is 12.3. The van der Waals surface area contributed by atoms with E-state index in [1.807, 2.05) is 0 Å². The average molecular weight is 227 g/mol. The van der Waals surface area contributed by atoms with Crippen LogP contribution in [0.1, 0.15) is 45.4 Å². The van der Waals surface area contributed by atoms with Gasteiger partial charge in [0.2, 0.25) is 0 Å². The number of hydrogen-bond donors (Lipinski definition) is 1. The van der Waals surface area contributed by atoms with Crippen molar-refractivity contribution in [3.63, 3.8) is 0 Å². The van der Waals surface area contributed by atoms with Crippen molar-refractivity contribution in [2.24, 2.45) is 11.7 Å². The molecule has 2 aliphatic carbocycles. The van der Waals surface area contributed by atoms with Crippen molar-refractivity contribution in [1.29, 1.82) is 0 Å². The fraction of sp³-hybridized carbons (Fsp3) is 1.00. The molecule has 2 N–H and O–H groups in total. The Morgan fingerprint density at radius 2 is 2.06 bits per heavy atom. The van der Waals surface area contributed by atoms with Crippen LogP contribution in [0.5, 0.6) is 0 Å². The molecule has 2 fully saturated rings. The van der Waals surface area contributed by atoms with Gasteiger partial charge in [-0.2, -0.15) is 0 Å². The van der Waals surface area contributed by atoms with Crippen molar-refractivity contribution in [2.45, 2.75) is 69.8 Å². The molecule has 3 heteroatoms. The minimum atomic E-state index is 0.127. The molecule has 3 nitrogen and oxygen atoms in total. The maximum Gasteiger partial charge on any atom is 0.0984 e. The second kappa shape index (κ2) is 5.48. The van der Waals surface area contributed by atoms with Crippen LogP contribution in [-0.2, 0) is 9.47 Å². The second-order valence-corrected chi connectivity index (χ2v) is 5.34. The van der Waals surface area contributed by atoms with Crippen LogP contribution in [-0.4, -0.2) is 31.5 Å². The summed E-state index contributed by atoms with van der Waals surface area (Å²) >= 11 is 0. The van der Waals surface area contributed by atoms with E-state index >= 15 is 0 Å². The third-order valence-electron chi connectivity index (χ3n) is 4.24. The molecule has 2 aliphatic rings. The number of rotatable bonds is 4. The van der Waals surface area contributed by atoms with Crippen molar-refractivity contribution in [3.05, 3.63) is 0 Å². The molecule has 0 saturated heterocycles. The lowest BCUT2D eigenvalue weighted by molar-refractivity contribution is -0.159. The number of hydrogen-bond acceptors (Lipinski definition) is 3. The Morgan fingerprint density at radius 1 is 1.25 bits per heavy atom. The van der Waals surface area contributed by atoms with E-state index in [4.69, 9.17) is 15.2 Å². The van der Waals surface area contributed by atoms with E-state index in [1.165, 1.54) is 32.1 Å². The maximum absolute atomic E-state index is 6.13. The lowest BCUT2D eigenvalue weighted by Crippen LogP contribution is -2.58. The van der Waals surface area contributed by atoms with Crippen LogP contribution in [0.3, 0.4) is 0 Å². The molecule has 0 radical (unpaired) electrons. The molecule has 2 rings (SSSR count). The molecular weight excluding hydrogens is 202 g/mol. The quantitative estimate of drug-likeness (QED) is 0.800. The third kappa shape index (κ3) is 2.58.